The van der Waals surface area contributed by atoms with E-state index in [1.54, 1.807) is 55.5 Å². The molecule has 10 nitrogen and oxygen atoms in total. The fourth-order valence-corrected chi connectivity index (χ4v) is 3.99. The van der Waals surface area contributed by atoms with Crippen LogP contribution < -0.4 is 25.8 Å². The first-order chi connectivity index (χ1) is 17.4. The number of nitrogens with zero attached hydrogens (tertiary/aromatic N) is 1. The van der Waals surface area contributed by atoms with Crippen molar-refractivity contribution in [1.82, 2.24) is 16.3 Å². The molecule has 0 aliphatic heterocycles. The lowest BCUT2D eigenvalue weighted by Gasteiger charge is -2.14. The maximum atomic E-state index is 12.8. The van der Waals surface area contributed by atoms with Gasteiger partial charge in [0, 0.05) is 23.1 Å². The number of hydrogen-bond donors (Lipinski definition) is 3. The van der Waals surface area contributed by atoms with Gasteiger partial charge in [0.2, 0.25) is 0 Å². The molecule has 186 valence electrons. The number of benzene rings is 2. The molecule has 0 spiro atoms. The molecule has 1 aliphatic rings. The SMILES string of the molecule is COc1ccc(C(=O)NNC(=O)c2oc3c(c2C)/C(=N/NC(=O)c2ccccc2OC)CCC3)cc1. The van der Waals surface area contributed by atoms with E-state index < -0.39 is 17.7 Å². The highest BCUT2D eigenvalue weighted by atomic mass is 16.5. The average molecular weight is 491 g/mol. The number of amides is 3. The van der Waals surface area contributed by atoms with Crippen molar-refractivity contribution in [3.8, 4) is 11.5 Å². The third-order valence-corrected chi connectivity index (χ3v) is 5.82. The molecule has 0 fully saturated rings. The number of aryl methyl sites for hydroxylation is 1. The first kappa shape index (κ1) is 24.5. The van der Waals surface area contributed by atoms with Crippen LogP contribution >= 0.6 is 0 Å². The number of carbonyl (C=O) groups is 3. The Bertz CT molecular complexity index is 1330. The standard InChI is InChI=1S/C26H26N4O6/c1-15-22-19(27-29-25(32)18-7-4-5-9-20(18)35-3)8-6-10-21(22)36-23(15)26(33)30-28-24(31)16-11-13-17(34-2)14-12-16/h4-5,7,9,11-14H,6,8,10H2,1-3H3,(H,28,31)(H,29,32)(H,30,33)/b27-19+. The number of hydrogen-bond acceptors (Lipinski definition) is 7. The lowest BCUT2D eigenvalue weighted by molar-refractivity contribution is 0.0829. The number of hydrazine groups is 1. The largest absolute Gasteiger partial charge is 0.497 e. The summed E-state index contributed by atoms with van der Waals surface area (Å²) in [5.41, 5.74) is 9.94. The molecule has 0 unspecified atom stereocenters. The predicted molar refractivity (Wildman–Crippen MR) is 131 cm³/mol. The van der Waals surface area contributed by atoms with Crippen LogP contribution in [0.4, 0.5) is 0 Å². The van der Waals surface area contributed by atoms with Gasteiger partial charge in [0.05, 0.1) is 25.5 Å². The van der Waals surface area contributed by atoms with E-state index >= 15 is 0 Å². The van der Waals surface area contributed by atoms with E-state index in [4.69, 9.17) is 13.9 Å². The minimum absolute atomic E-state index is 0.0701. The Morgan fingerprint density at radius 1 is 0.889 bits per heavy atom. The number of carbonyl (C=O) groups excluding carboxylic acids is 3. The molecule has 0 saturated carbocycles. The smallest absolute Gasteiger partial charge is 0.305 e. The first-order valence-electron chi connectivity index (χ1n) is 11.3. The second kappa shape index (κ2) is 10.8. The topological polar surface area (TPSA) is 131 Å². The molecule has 3 aromatic rings. The number of ether oxygens (including phenoxy) is 2. The van der Waals surface area contributed by atoms with E-state index in [-0.39, 0.29) is 5.76 Å². The zero-order valence-corrected chi connectivity index (χ0v) is 20.1. The van der Waals surface area contributed by atoms with Crippen molar-refractivity contribution in [3.05, 3.63) is 82.3 Å². The quantitative estimate of drug-likeness (QED) is 0.455. The number of furan rings is 1. The second-order valence-corrected chi connectivity index (χ2v) is 8.04. The highest BCUT2D eigenvalue weighted by molar-refractivity contribution is 6.07. The summed E-state index contributed by atoms with van der Waals surface area (Å²) in [4.78, 5) is 37.8. The Labute approximate surface area is 207 Å². The minimum atomic E-state index is -0.596. The first-order valence-corrected chi connectivity index (χ1v) is 11.3. The van der Waals surface area contributed by atoms with Crippen molar-refractivity contribution < 1.29 is 28.3 Å². The number of rotatable bonds is 6. The average Bonchev–Trinajstić information content (AvgIpc) is 3.27. The zero-order valence-electron chi connectivity index (χ0n) is 20.1. The molecule has 10 heteroatoms. The molecule has 0 radical (unpaired) electrons. The summed E-state index contributed by atoms with van der Waals surface area (Å²) in [6.07, 6.45) is 1.98. The summed E-state index contributed by atoms with van der Waals surface area (Å²) in [7, 11) is 3.03. The normalized spacial score (nSPS) is 13.5. The molecule has 2 aromatic carbocycles. The number of hydrazone groups is 1. The van der Waals surface area contributed by atoms with Crippen LogP contribution in [0.3, 0.4) is 0 Å². The van der Waals surface area contributed by atoms with Gasteiger partial charge in [-0.15, -0.1) is 0 Å². The van der Waals surface area contributed by atoms with E-state index in [0.717, 1.165) is 6.42 Å². The summed E-state index contributed by atoms with van der Waals surface area (Å²) in [6, 6.07) is 13.3. The number of para-hydroxylation sites is 1. The van der Waals surface area contributed by atoms with Crippen molar-refractivity contribution in [3.63, 3.8) is 0 Å². The van der Waals surface area contributed by atoms with Gasteiger partial charge in [-0.05, 0) is 56.2 Å². The van der Waals surface area contributed by atoms with E-state index in [1.165, 1.54) is 14.2 Å². The van der Waals surface area contributed by atoms with Crippen LogP contribution in [0.2, 0.25) is 0 Å². The van der Waals surface area contributed by atoms with Crippen LogP contribution in [0.5, 0.6) is 11.5 Å². The fraction of sp³-hybridized carbons (Fsp3) is 0.231. The van der Waals surface area contributed by atoms with Crippen molar-refractivity contribution in [2.45, 2.75) is 26.2 Å². The monoisotopic (exact) mass is 490 g/mol. The Morgan fingerprint density at radius 2 is 1.61 bits per heavy atom. The van der Waals surface area contributed by atoms with Gasteiger partial charge in [-0.3, -0.25) is 25.2 Å². The van der Waals surface area contributed by atoms with Crippen molar-refractivity contribution in [2.75, 3.05) is 14.2 Å². The van der Waals surface area contributed by atoms with Gasteiger partial charge in [0.25, 0.3) is 11.8 Å². The Balaban J connectivity index is 1.47. The molecule has 3 N–H and O–H groups in total. The van der Waals surface area contributed by atoms with Gasteiger partial charge in [-0.2, -0.15) is 5.10 Å². The molecule has 36 heavy (non-hydrogen) atoms. The van der Waals surface area contributed by atoms with E-state index in [0.29, 0.717) is 58.1 Å². The predicted octanol–water partition coefficient (Wildman–Crippen LogP) is 3.15. The molecule has 4 rings (SSSR count). The van der Waals surface area contributed by atoms with Crippen molar-refractivity contribution in [2.24, 2.45) is 5.10 Å². The highest BCUT2D eigenvalue weighted by Gasteiger charge is 2.28. The van der Waals surface area contributed by atoms with Gasteiger partial charge in [-0.25, -0.2) is 5.43 Å². The second-order valence-electron chi connectivity index (χ2n) is 8.04. The van der Waals surface area contributed by atoms with Gasteiger partial charge < -0.3 is 13.9 Å². The van der Waals surface area contributed by atoms with Crippen LogP contribution in [0.25, 0.3) is 0 Å². The molecule has 1 aromatic heterocycles. The van der Waals surface area contributed by atoms with Gasteiger partial charge in [-0.1, -0.05) is 12.1 Å². The number of nitrogens with one attached hydrogen (secondary N) is 3. The van der Waals surface area contributed by atoms with E-state index in [2.05, 4.69) is 21.4 Å². The summed E-state index contributed by atoms with van der Waals surface area (Å²) >= 11 is 0. The molecule has 0 saturated heterocycles. The molecule has 3 amide bonds. The van der Waals surface area contributed by atoms with Crippen LogP contribution in [-0.2, 0) is 6.42 Å². The van der Waals surface area contributed by atoms with Crippen LogP contribution in [-0.4, -0.2) is 37.7 Å². The van der Waals surface area contributed by atoms with Gasteiger partial charge in [0.1, 0.15) is 17.3 Å². The van der Waals surface area contributed by atoms with Crippen LogP contribution in [0, 0.1) is 6.92 Å². The molecule has 1 aliphatic carbocycles. The van der Waals surface area contributed by atoms with E-state index in [9.17, 15) is 14.4 Å². The maximum absolute atomic E-state index is 12.8. The molecule has 1 heterocycles. The lowest BCUT2D eigenvalue weighted by atomic mass is 9.93. The number of methoxy groups -OCH3 is 2. The molecular formula is C26H26N4O6. The highest BCUT2D eigenvalue weighted by Crippen LogP contribution is 2.30. The van der Waals surface area contributed by atoms with Crippen LogP contribution in [0.15, 0.2) is 58.0 Å². The summed E-state index contributed by atoms with van der Waals surface area (Å²) in [6.45, 7) is 1.74. The Hall–Kier alpha value is -4.60. The zero-order chi connectivity index (χ0) is 25.7. The summed E-state index contributed by atoms with van der Waals surface area (Å²) < 4.78 is 16.1. The van der Waals surface area contributed by atoms with Crippen molar-refractivity contribution >= 4 is 23.4 Å². The van der Waals surface area contributed by atoms with E-state index in [1.807, 2.05) is 0 Å². The molecule has 0 atom stereocenters. The lowest BCUT2D eigenvalue weighted by Crippen LogP contribution is -2.41. The molecular weight excluding hydrogens is 464 g/mol. The third-order valence-electron chi connectivity index (χ3n) is 5.82. The fourth-order valence-electron chi connectivity index (χ4n) is 3.99. The Morgan fingerprint density at radius 3 is 2.33 bits per heavy atom. The maximum Gasteiger partial charge on any atom is 0.305 e. The minimum Gasteiger partial charge on any atom is -0.497 e. The Kier molecular flexibility index (Phi) is 7.33. The summed E-state index contributed by atoms with van der Waals surface area (Å²) in [5.74, 6) is 0.241. The third kappa shape index (κ3) is 5.07. The van der Waals surface area contributed by atoms with Crippen LogP contribution in [0.1, 0.15) is 61.0 Å². The van der Waals surface area contributed by atoms with Gasteiger partial charge in [0.15, 0.2) is 5.76 Å². The molecule has 0 bridgehead atoms. The summed E-state index contributed by atoms with van der Waals surface area (Å²) in [5, 5.41) is 4.33. The van der Waals surface area contributed by atoms with Gasteiger partial charge >= 0.3 is 5.91 Å². The van der Waals surface area contributed by atoms with Crippen molar-refractivity contribution in [1.29, 1.82) is 0 Å². The number of fused-ring (bicyclic) bond motifs is 1.